The van der Waals surface area contributed by atoms with E-state index in [2.05, 4.69) is 44.4 Å². The average molecular weight is 430 g/mol. The molecule has 1 aromatic heterocycles. The van der Waals surface area contributed by atoms with Crippen LogP contribution in [-0.4, -0.2) is 47.3 Å². The van der Waals surface area contributed by atoms with Gasteiger partial charge in [0.1, 0.15) is 4.88 Å². The fourth-order valence-corrected chi connectivity index (χ4v) is 5.45. The van der Waals surface area contributed by atoms with Crippen LogP contribution in [0.4, 0.5) is 0 Å². The number of hydrogen-bond acceptors (Lipinski definition) is 4. The van der Waals surface area contributed by atoms with Crippen molar-refractivity contribution in [1.29, 1.82) is 0 Å². The Labute approximate surface area is 185 Å². The van der Waals surface area contributed by atoms with Crippen molar-refractivity contribution in [1.82, 2.24) is 4.90 Å². The summed E-state index contributed by atoms with van der Waals surface area (Å²) in [6.07, 6.45) is 5.86. The monoisotopic (exact) mass is 429 g/mol. The first-order valence-corrected chi connectivity index (χ1v) is 12.0. The van der Waals surface area contributed by atoms with Gasteiger partial charge in [0, 0.05) is 30.6 Å². The van der Waals surface area contributed by atoms with Gasteiger partial charge in [0.15, 0.2) is 0 Å². The standard InChI is InChI=1S/C25H35NO3S/c1-17-5-7-18(8-6-17)20-10-12-26(13-14-27)16-22(20)21-15-19(9-11-25(2,3)4)30-23(21)24(28)29/h15,17-18,27H,5-8,10,12-14,16H2,1-4H3,(H,28,29). The molecule has 0 aromatic carbocycles. The second-order valence-corrected chi connectivity index (χ2v) is 10.9. The smallest absolute Gasteiger partial charge is 0.346 e. The summed E-state index contributed by atoms with van der Waals surface area (Å²) in [6.45, 7) is 10.9. The minimum absolute atomic E-state index is 0.125. The molecule has 0 radical (unpaired) electrons. The van der Waals surface area contributed by atoms with Gasteiger partial charge in [-0.05, 0) is 63.5 Å². The molecule has 0 amide bonds. The number of β-amino-alcohol motifs (C(OH)–C–C–N with tert-alkyl or cyclic N) is 1. The number of rotatable bonds is 5. The highest BCUT2D eigenvalue weighted by Gasteiger charge is 2.30. The van der Waals surface area contributed by atoms with Crippen molar-refractivity contribution in [2.24, 2.45) is 17.3 Å². The first kappa shape index (κ1) is 23.1. The van der Waals surface area contributed by atoms with Gasteiger partial charge in [-0.2, -0.15) is 0 Å². The fraction of sp³-hybridized carbons (Fsp3) is 0.640. The van der Waals surface area contributed by atoms with Crippen LogP contribution in [0.25, 0.3) is 5.57 Å². The van der Waals surface area contributed by atoms with Crippen LogP contribution in [0.1, 0.15) is 79.9 Å². The molecule has 5 heteroatoms. The normalized spacial score (nSPS) is 23.2. The van der Waals surface area contributed by atoms with Crippen LogP contribution in [0.2, 0.25) is 0 Å². The fourth-order valence-electron chi connectivity index (χ4n) is 4.57. The number of hydrogen-bond donors (Lipinski definition) is 2. The minimum Gasteiger partial charge on any atom is -0.477 e. The Kier molecular flexibility index (Phi) is 7.44. The number of carboxylic acids is 1. The van der Waals surface area contributed by atoms with E-state index in [1.54, 1.807) is 0 Å². The summed E-state index contributed by atoms with van der Waals surface area (Å²) in [5, 5.41) is 19.4. The highest BCUT2D eigenvalue weighted by molar-refractivity contribution is 7.14. The van der Waals surface area contributed by atoms with E-state index in [0.717, 1.165) is 29.3 Å². The van der Waals surface area contributed by atoms with E-state index in [0.29, 0.717) is 23.9 Å². The number of thiophene rings is 1. The Balaban J connectivity index is 2.05. The Hall–Kier alpha value is -1.61. The largest absolute Gasteiger partial charge is 0.477 e. The van der Waals surface area contributed by atoms with E-state index in [-0.39, 0.29) is 12.0 Å². The highest BCUT2D eigenvalue weighted by Crippen LogP contribution is 2.42. The van der Waals surface area contributed by atoms with Gasteiger partial charge in [0.05, 0.1) is 11.5 Å². The summed E-state index contributed by atoms with van der Waals surface area (Å²) in [5.41, 5.74) is 3.35. The molecule has 3 rings (SSSR count). The lowest BCUT2D eigenvalue weighted by atomic mass is 9.75. The number of carboxylic acid groups (broad SMARTS) is 1. The zero-order chi connectivity index (χ0) is 21.9. The van der Waals surface area contributed by atoms with Gasteiger partial charge in [0.25, 0.3) is 0 Å². The SMILES string of the molecule is CC1CCC(C2=C(c3cc(C#CC(C)(C)C)sc3C(=O)O)CN(CCO)CC2)CC1. The third kappa shape index (κ3) is 5.75. The van der Waals surface area contributed by atoms with Crippen LogP contribution in [-0.2, 0) is 0 Å². The molecule has 0 saturated heterocycles. The topological polar surface area (TPSA) is 60.8 Å². The van der Waals surface area contributed by atoms with Crippen molar-refractivity contribution in [2.75, 3.05) is 26.2 Å². The summed E-state index contributed by atoms with van der Waals surface area (Å²) < 4.78 is 0. The summed E-state index contributed by atoms with van der Waals surface area (Å²) in [6, 6.07) is 2.00. The molecule has 164 valence electrons. The van der Waals surface area contributed by atoms with Crippen LogP contribution in [0.3, 0.4) is 0 Å². The van der Waals surface area contributed by atoms with Gasteiger partial charge in [-0.3, -0.25) is 4.90 Å². The van der Waals surface area contributed by atoms with Crippen molar-refractivity contribution >= 4 is 22.9 Å². The minimum atomic E-state index is -0.873. The molecule has 2 aliphatic rings. The van der Waals surface area contributed by atoms with Crippen molar-refractivity contribution in [3.63, 3.8) is 0 Å². The second-order valence-electron chi connectivity index (χ2n) is 9.87. The summed E-state index contributed by atoms with van der Waals surface area (Å²) in [4.78, 5) is 15.6. The molecule has 1 aromatic rings. The van der Waals surface area contributed by atoms with E-state index in [4.69, 9.17) is 0 Å². The summed E-state index contributed by atoms with van der Waals surface area (Å²) >= 11 is 1.29. The molecule has 2 heterocycles. The first-order chi connectivity index (χ1) is 14.2. The number of carbonyl (C=O) groups is 1. The number of nitrogens with zero attached hydrogens (tertiary/aromatic N) is 1. The molecule has 1 saturated carbocycles. The zero-order valence-corrected chi connectivity index (χ0v) is 19.6. The third-order valence-corrected chi connectivity index (χ3v) is 7.24. The molecule has 1 fully saturated rings. The Bertz CT molecular complexity index is 857. The van der Waals surface area contributed by atoms with Gasteiger partial charge >= 0.3 is 5.97 Å². The lowest BCUT2D eigenvalue weighted by molar-refractivity contribution is 0.0701. The van der Waals surface area contributed by atoms with Crippen molar-refractivity contribution in [3.8, 4) is 11.8 Å². The molecule has 0 atom stereocenters. The van der Waals surface area contributed by atoms with E-state index in [1.807, 2.05) is 6.07 Å². The highest BCUT2D eigenvalue weighted by atomic mass is 32.1. The van der Waals surface area contributed by atoms with Crippen molar-refractivity contribution in [2.45, 2.75) is 59.8 Å². The van der Waals surface area contributed by atoms with E-state index in [1.165, 1.54) is 48.2 Å². The van der Waals surface area contributed by atoms with Gasteiger partial charge in [-0.15, -0.1) is 11.3 Å². The molecule has 4 nitrogen and oxygen atoms in total. The molecule has 1 aliphatic heterocycles. The third-order valence-electron chi connectivity index (χ3n) is 6.20. The molecule has 2 N–H and O–H groups in total. The van der Waals surface area contributed by atoms with E-state index in [9.17, 15) is 15.0 Å². The predicted molar refractivity (Wildman–Crippen MR) is 124 cm³/mol. The van der Waals surface area contributed by atoms with Crippen LogP contribution in [0.5, 0.6) is 0 Å². The average Bonchev–Trinajstić information content (AvgIpc) is 3.12. The van der Waals surface area contributed by atoms with Gasteiger partial charge in [0.2, 0.25) is 0 Å². The number of aliphatic hydroxyl groups is 1. The Morgan fingerprint density at radius 2 is 1.97 bits per heavy atom. The lowest BCUT2D eigenvalue weighted by Gasteiger charge is -2.36. The predicted octanol–water partition coefficient (Wildman–Crippen LogP) is 5.12. The van der Waals surface area contributed by atoms with E-state index < -0.39 is 5.97 Å². The van der Waals surface area contributed by atoms with Crippen LogP contribution >= 0.6 is 11.3 Å². The van der Waals surface area contributed by atoms with Gasteiger partial charge < -0.3 is 10.2 Å². The van der Waals surface area contributed by atoms with Crippen molar-refractivity contribution in [3.05, 3.63) is 27.0 Å². The van der Waals surface area contributed by atoms with Crippen LogP contribution < -0.4 is 0 Å². The van der Waals surface area contributed by atoms with Gasteiger partial charge in [-0.25, -0.2) is 4.79 Å². The first-order valence-electron chi connectivity index (χ1n) is 11.1. The summed E-state index contributed by atoms with van der Waals surface area (Å²) in [7, 11) is 0. The Morgan fingerprint density at radius 3 is 2.57 bits per heavy atom. The van der Waals surface area contributed by atoms with Gasteiger partial charge in [-0.1, -0.05) is 37.2 Å². The molecular weight excluding hydrogens is 394 g/mol. The molecule has 0 spiro atoms. The molecule has 0 bridgehead atoms. The maximum absolute atomic E-state index is 12.1. The Morgan fingerprint density at radius 1 is 1.27 bits per heavy atom. The maximum Gasteiger partial charge on any atom is 0.346 e. The molecular formula is C25H35NO3S. The molecule has 30 heavy (non-hydrogen) atoms. The number of aliphatic hydroxyl groups excluding tert-OH is 1. The zero-order valence-electron chi connectivity index (χ0n) is 18.8. The maximum atomic E-state index is 12.1. The molecule has 1 aliphatic carbocycles. The second kappa shape index (κ2) is 9.68. The van der Waals surface area contributed by atoms with Crippen LogP contribution in [0.15, 0.2) is 11.6 Å². The van der Waals surface area contributed by atoms with E-state index >= 15 is 0 Å². The quantitative estimate of drug-likeness (QED) is 0.638. The number of aromatic carboxylic acids is 1. The summed E-state index contributed by atoms with van der Waals surface area (Å²) in [5.74, 6) is 6.91. The van der Waals surface area contributed by atoms with Crippen LogP contribution in [0, 0.1) is 29.1 Å². The molecule has 0 unspecified atom stereocenters. The van der Waals surface area contributed by atoms with Crippen molar-refractivity contribution < 1.29 is 15.0 Å². The lowest BCUT2D eigenvalue weighted by Crippen LogP contribution is -2.35.